The molecule has 0 amide bonds. The van der Waals surface area contributed by atoms with Crippen LogP contribution in [0.5, 0.6) is 0 Å². The van der Waals surface area contributed by atoms with Crippen LogP contribution >= 0.6 is 0 Å². The second-order valence-electron chi connectivity index (χ2n) is 6.70. The highest BCUT2D eigenvalue weighted by Crippen LogP contribution is 2.38. The fourth-order valence-electron chi connectivity index (χ4n) is 3.88. The van der Waals surface area contributed by atoms with Gasteiger partial charge in [-0.3, -0.25) is 0 Å². The lowest BCUT2D eigenvalue weighted by Gasteiger charge is -2.42. The van der Waals surface area contributed by atoms with Gasteiger partial charge in [0.05, 0.1) is 11.5 Å². The largest absolute Gasteiger partial charge is 0.391 e. The van der Waals surface area contributed by atoms with Crippen molar-refractivity contribution in [2.24, 2.45) is 5.92 Å². The molecule has 1 saturated heterocycles. The van der Waals surface area contributed by atoms with E-state index in [9.17, 15) is 13.2 Å². The minimum absolute atomic E-state index is 0.0138. The number of halogens is 3. The van der Waals surface area contributed by atoms with Crippen molar-refractivity contribution < 1.29 is 17.9 Å². The summed E-state index contributed by atoms with van der Waals surface area (Å²) in [5.41, 5.74) is -0.0754. The zero-order valence-electron chi connectivity index (χ0n) is 13.1. The maximum Gasteiger partial charge on any atom is 0.391 e. The molecule has 0 bridgehead atoms. The van der Waals surface area contributed by atoms with Crippen LogP contribution in [0.25, 0.3) is 0 Å². The quantitative estimate of drug-likeness (QED) is 0.829. The van der Waals surface area contributed by atoms with Crippen molar-refractivity contribution in [1.29, 1.82) is 0 Å². The van der Waals surface area contributed by atoms with Crippen molar-refractivity contribution in [2.45, 2.75) is 89.1 Å². The number of nitrogens with one attached hydrogen (secondary N) is 1. The average molecular weight is 307 g/mol. The van der Waals surface area contributed by atoms with Crippen molar-refractivity contribution >= 4 is 0 Å². The summed E-state index contributed by atoms with van der Waals surface area (Å²) in [4.78, 5) is 0. The topological polar surface area (TPSA) is 21.3 Å². The minimum atomic E-state index is -4.04. The summed E-state index contributed by atoms with van der Waals surface area (Å²) in [5.74, 6) is -1.12. The third-order valence-corrected chi connectivity index (χ3v) is 5.39. The Labute approximate surface area is 125 Å². The molecule has 0 aromatic rings. The molecule has 1 aliphatic carbocycles. The molecule has 0 aromatic heterocycles. The first-order valence-electron chi connectivity index (χ1n) is 8.35. The molecule has 0 spiro atoms. The van der Waals surface area contributed by atoms with E-state index in [2.05, 4.69) is 19.2 Å². The Morgan fingerprint density at radius 1 is 1.10 bits per heavy atom. The van der Waals surface area contributed by atoms with Gasteiger partial charge in [0.25, 0.3) is 0 Å². The molecule has 0 aromatic carbocycles. The Morgan fingerprint density at radius 2 is 1.81 bits per heavy atom. The van der Waals surface area contributed by atoms with Crippen molar-refractivity contribution in [1.82, 2.24) is 5.32 Å². The van der Waals surface area contributed by atoms with E-state index in [4.69, 9.17) is 4.74 Å². The first-order chi connectivity index (χ1) is 9.88. The molecule has 2 nitrogen and oxygen atoms in total. The third kappa shape index (κ3) is 4.35. The van der Waals surface area contributed by atoms with Crippen LogP contribution in [0.2, 0.25) is 0 Å². The van der Waals surface area contributed by atoms with Gasteiger partial charge in [-0.05, 0) is 44.9 Å². The minimum Gasteiger partial charge on any atom is -0.375 e. The molecular formula is C16H28F3NO. The summed E-state index contributed by atoms with van der Waals surface area (Å²) < 4.78 is 44.6. The van der Waals surface area contributed by atoms with Gasteiger partial charge in [0.1, 0.15) is 0 Å². The van der Waals surface area contributed by atoms with Gasteiger partial charge in [0, 0.05) is 18.7 Å². The highest BCUT2D eigenvalue weighted by atomic mass is 19.4. The van der Waals surface area contributed by atoms with Crippen LogP contribution in [-0.2, 0) is 4.74 Å². The van der Waals surface area contributed by atoms with Crippen molar-refractivity contribution in [2.75, 3.05) is 6.61 Å². The van der Waals surface area contributed by atoms with Gasteiger partial charge < -0.3 is 10.1 Å². The van der Waals surface area contributed by atoms with E-state index in [1.165, 1.54) is 0 Å². The van der Waals surface area contributed by atoms with E-state index in [1.54, 1.807) is 0 Å². The van der Waals surface area contributed by atoms with E-state index in [-0.39, 0.29) is 18.1 Å². The Hall–Kier alpha value is -0.290. The fourth-order valence-corrected chi connectivity index (χ4v) is 3.88. The number of hydrogen-bond acceptors (Lipinski definition) is 2. The van der Waals surface area contributed by atoms with Gasteiger partial charge in [0.2, 0.25) is 0 Å². The number of rotatable bonds is 4. The summed E-state index contributed by atoms with van der Waals surface area (Å²) in [7, 11) is 0. The van der Waals surface area contributed by atoms with Crippen LogP contribution in [0.3, 0.4) is 0 Å². The Balaban J connectivity index is 1.89. The highest BCUT2D eigenvalue weighted by Gasteiger charge is 2.43. The molecule has 2 fully saturated rings. The van der Waals surface area contributed by atoms with Crippen LogP contribution < -0.4 is 5.32 Å². The normalized spacial score (nSPS) is 33.9. The van der Waals surface area contributed by atoms with E-state index in [0.717, 1.165) is 38.7 Å². The molecule has 1 aliphatic heterocycles. The monoisotopic (exact) mass is 307 g/mol. The zero-order valence-corrected chi connectivity index (χ0v) is 13.1. The van der Waals surface area contributed by atoms with E-state index < -0.39 is 12.1 Å². The van der Waals surface area contributed by atoms with E-state index >= 15 is 0 Å². The van der Waals surface area contributed by atoms with Crippen LogP contribution in [0.15, 0.2) is 0 Å². The van der Waals surface area contributed by atoms with Crippen molar-refractivity contribution in [3.63, 3.8) is 0 Å². The Bertz CT molecular complexity index is 328. The maximum absolute atomic E-state index is 12.9. The number of alkyl halides is 3. The molecule has 3 atom stereocenters. The second-order valence-corrected chi connectivity index (χ2v) is 6.70. The predicted molar refractivity (Wildman–Crippen MR) is 77.2 cm³/mol. The third-order valence-electron chi connectivity index (χ3n) is 5.39. The van der Waals surface area contributed by atoms with Gasteiger partial charge in [-0.25, -0.2) is 0 Å². The van der Waals surface area contributed by atoms with Gasteiger partial charge in [0.15, 0.2) is 0 Å². The molecule has 1 heterocycles. The molecule has 3 unspecified atom stereocenters. The molecule has 1 saturated carbocycles. The molecule has 124 valence electrons. The van der Waals surface area contributed by atoms with Crippen molar-refractivity contribution in [3.8, 4) is 0 Å². The molecule has 2 rings (SSSR count). The standard InChI is InChI=1S/C16H28F3NO/c1-3-15(4-2)11-14(8-9-21-15)20-13-7-5-6-12(10-13)16(17,18)19/h12-14,20H,3-11H2,1-2H3. The molecular weight excluding hydrogens is 279 g/mol. The highest BCUT2D eigenvalue weighted by molar-refractivity contribution is 4.91. The molecule has 21 heavy (non-hydrogen) atoms. The molecule has 5 heteroatoms. The summed E-state index contributed by atoms with van der Waals surface area (Å²) >= 11 is 0. The SMILES string of the molecule is CCC1(CC)CC(NC2CCCC(C(F)(F)F)C2)CCO1. The summed E-state index contributed by atoms with van der Waals surface area (Å²) in [6.45, 7) is 4.98. The Morgan fingerprint density at radius 3 is 2.43 bits per heavy atom. The Kier molecular flexibility index (Phi) is 5.58. The van der Waals surface area contributed by atoms with Crippen molar-refractivity contribution in [3.05, 3.63) is 0 Å². The lowest BCUT2D eigenvalue weighted by molar-refractivity contribution is -0.184. The number of ether oxygens (including phenoxy) is 1. The maximum atomic E-state index is 12.9. The average Bonchev–Trinajstić information content (AvgIpc) is 2.47. The fraction of sp³-hybridized carbons (Fsp3) is 1.00. The zero-order chi connectivity index (χ0) is 15.5. The lowest BCUT2D eigenvalue weighted by atomic mass is 9.82. The van der Waals surface area contributed by atoms with Gasteiger partial charge in [-0.2, -0.15) is 13.2 Å². The lowest BCUT2D eigenvalue weighted by Crippen LogP contribution is -2.50. The first-order valence-corrected chi connectivity index (χ1v) is 8.35. The first kappa shape index (κ1) is 17.1. The molecule has 1 N–H and O–H groups in total. The van der Waals surface area contributed by atoms with Crippen LogP contribution in [0, 0.1) is 5.92 Å². The second kappa shape index (κ2) is 6.86. The number of hydrogen-bond donors (Lipinski definition) is 1. The van der Waals surface area contributed by atoms with E-state index in [0.29, 0.717) is 18.9 Å². The smallest absolute Gasteiger partial charge is 0.375 e. The summed E-state index contributed by atoms with van der Waals surface area (Å²) in [6, 6.07) is 0.315. The summed E-state index contributed by atoms with van der Waals surface area (Å²) in [5, 5.41) is 3.50. The van der Waals surface area contributed by atoms with Crippen LogP contribution in [-0.4, -0.2) is 30.5 Å². The molecule has 0 radical (unpaired) electrons. The van der Waals surface area contributed by atoms with Gasteiger partial charge >= 0.3 is 6.18 Å². The van der Waals surface area contributed by atoms with Crippen LogP contribution in [0.4, 0.5) is 13.2 Å². The van der Waals surface area contributed by atoms with Crippen LogP contribution in [0.1, 0.15) is 65.2 Å². The predicted octanol–water partition coefficient (Wildman–Crippen LogP) is 4.43. The molecule has 2 aliphatic rings. The van der Waals surface area contributed by atoms with Gasteiger partial charge in [-0.1, -0.05) is 20.3 Å². The van der Waals surface area contributed by atoms with Gasteiger partial charge in [-0.15, -0.1) is 0 Å². The summed E-state index contributed by atoms with van der Waals surface area (Å²) in [6.07, 6.45) is 1.83. The van der Waals surface area contributed by atoms with E-state index in [1.807, 2.05) is 0 Å².